The lowest BCUT2D eigenvalue weighted by molar-refractivity contribution is -0.137. The van der Waals surface area contributed by atoms with Crippen molar-refractivity contribution in [1.82, 2.24) is 5.06 Å². The number of carbonyl (C=O) groups is 3. The van der Waals surface area contributed by atoms with E-state index in [9.17, 15) is 27.6 Å². The van der Waals surface area contributed by atoms with E-state index in [4.69, 9.17) is 4.84 Å². The van der Waals surface area contributed by atoms with Crippen LogP contribution in [0, 0.1) is 0 Å². The third-order valence-electron chi connectivity index (χ3n) is 4.73. The van der Waals surface area contributed by atoms with Crippen LogP contribution in [0.1, 0.15) is 56.4 Å². The summed E-state index contributed by atoms with van der Waals surface area (Å²) in [7, 11) is 1.64. The molecule has 3 rings (SSSR count). The molecule has 0 aromatic heterocycles. The third kappa shape index (κ3) is 4.00. The summed E-state index contributed by atoms with van der Waals surface area (Å²) in [4.78, 5) is 44.2. The second-order valence-corrected chi connectivity index (χ2v) is 6.83. The molecule has 2 aromatic rings. The maximum atomic E-state index is 13.2. The molecule has 0 atom stereocenters. The molecule has 6 nitrogen and oxygen atoms in total. The van der Waals surface area contributed by atoms with Crippen molar-refractivity contribution in [3.63, 3.8) is 0 Å². The Morgan fingerprint density at radius 2 is 1.67 bits per heavy atom. The first-order chi connectivity index (χ1) is 14.1. The summed E-state index contributed by atoms with van der Waals surface area (Å²) in [5.41, 5.74) is -1.11. The number of anilines is 1. The summed E-state index contributed by atoms with van der Waals surface area (Å²) in [6.07, 6.45) is -3.07. The Morgan fingerprint density at radius 3 is 2.20 bits per heavy atom. The molecule has 1 aliphatic rings. The minimum atomic E-state index is -4.68. The summed E-state index contributed by atoms with van der Waals surface area (Å²) < 4.78 is 39.6. The number of carbonyl (C=O) groups excluding carboxylic acids is 3. The first kappa shape index (κ1) is 21.4. The fourth-order valence-corrected chi connectivity index (χ4v) is 3.11. The van der Waals surface area contributed by atoms with Gasteiger partial charge in [0.25, 0.3) is 11.8 Å². The highest BCUT2D eigenvalue weighted by Crippen LogP contribution is 2.33. The normalized spacial score (nSPS) is 13.4. The molecule has 0 N–H and O–H groups in total. The molecule has 9 heteroatoms. The first-order valence-corrected chi connectivity index (χ1v) is 9.27. The standard InChI is InChI=1S/C21H19F3N2O4/c1-3-4-11-25(2)17-10-9-13(21(22,23)24)12-16(17)20(29)30-26-18(27)14-7-5-6-8-15(14)19(26)28/h5-10,12H,3-4,11H2,1-2H3. The number of rotatable bonds is 6. The summed E-state index contributed by atoms with van der Waals surface area (Å²) >= 11 is 0. The topological polar surface area (TPSA) is 66.9 Å². The van der Waals surface area contributed by atoms with Crippen molar-refractivity contribution in [1.29, 1.82) is 0 Å². The number of fused-ring (bicyclic) bond motifs is 1. The van der Waals surface area contributed by atoms with Crippen molar-refractivity contribution in [2.75, 3.05) is 18.5 Å². The quantitative estimate of drug-likeness (QED) is 0.652. The van der Waals surface area contributed by atoms with Crippen LogP contribution in [0.5, 0.6) is 0 Å². The summed E-state index contributed by atoms with van der Waals surface area (Å²) in [5.74, 6) is -2.93. The molecule has 0 fully saturated rings. The summed E-state index contributed by atoms with van der Waals surface area (Å²) in [6, 6.07) is 8.60. The van der Waals surface area contributed by atoms with Gasteiger partial charge in [0.15, 0.2) is 0 Å². The molecule has 0 bridgehead atoms. The average molecular weight is 420 g/mol. The van der Waals surface area contributed by atoms with Gasteiger partial charge in [-0.2, -0.15) is 13.2 Å². The first-order valence-electron chi connectivity index (χ1n) is 9.27. The van der Waals surface area contributed by atoms with Gasteiger partial charge in [0.2, 0.25) is 0 Å². The van der Waals surface area contributed by atoms with Crippen molar-refractivity contribution in [2.24, 2.45) is 0 Å². The van der Waals surface area contributed by atoms with Gasteiger partial charge in [0.1, 0.15) is 0 Å². The van der Waals surface area contributed by atoms with Crippen LogP contribution in [0.3, 0.4) is 0 Å². The number of hydroxylamine groups is 2. The van der Waals surface area contributed by atoms with Gasteiger partial charge in [0.05, 0.1) is 27.9 Å². The lowest BCUT2D eigenvalue weighted by atomic mass is 10.1. The van der Waals surface area contributed by atoms with E-state index in [-0.39, 0.29) is 27.4 Å². The van der Waals surface area contributed by atoms with Crippen LogP contribution in [-0.4, -0.2) is 36.4 Å². The fraction of sp³-hybridized carbons (Fsp3) is 0.286. The molecule has 2 amide bonds. The molecule has 0 aliphatic carbocycles. The van der Waals surface area contributed by atoms with Crippen LogP contribution >= 0.6 is 0 Å². The predicted octanol–water partition coefficient (Wildman–Crippen LogP) is 4.31. The Morgan fingerprint density at radius 1 is 1.07 bits per heavy atom. The van der Waals surface area contributed by atoms with Gasteiger partial charge < -0.3 is 9.74 Å². The maximum absolute atomic E-state index is 13.2. The minimum absolute atomic E-state index is 0.0552. The van der Waals surface area contributed by atoms with Crippen molar-refractivity contribution < 1.29 is 32.4 Å². The molecule has 0 unspecified atom stereocenters. The van der Waals surface area contributed by atoms with Gasteiger partial charge in [-0.25, -0.2) is 4.79 Å². The molecule has 2 aromatic carbocycles. The SMILES string of the molecule is CCCCN(C)c1ccc(C(F)(F)F)cc1C(=O)ON1C(=O)c2ccccc2C1=O. The molecule has 158 valence electrons. The van der Waals surface area contributed by atoms with Crippen LogP contribution in [0.25, 0.3) is 0 Å². The molecule has 0 saturated heterocycles. The lowest BCUT2D eigenvalue weighted by Gasteiger charge is -2.23. The van der Waals surface area contributed by atoms with Crippen LogP contribution in [-0.2, 0) is 11.0 Å². The smallest absolute Gasteiger partial charge is 0.374 e. The number of nitrogens with zero attached hydrogens (tertiary/aromatic N) is 2. The lowest BCUT2D eigenvalue weighted by Crippen LogP contribution is -2.33. The molecule has 30 heavy (non-hydrogen) atoms. The number of hydrogen-bond acceptors (Lipinski definition) is 5. The zero-order valence-corrected chi connectivity index (χ0v) is 16.3. The molecular weight excluding hydrogens is 401 g/mol. The van der Waals surface area contributed by atoms with E-state index >= 15 is 0 Å². The highest BCUT2D eigenvalue weighted by atomic mass is 19.4. The Kier molecular flexibility index (Phi) is 5.82. The van der Waals surface area contributed by atoms with Crippen molar-refractivity contribution in [2.45, 2.75) is 25.9 Å². The third-order valence-corrected chi connectivity index (χ3v) is 4.73. The highest BCUT2D eigenvalue weighted by Gasteiger charge is 2.40. The van der Waals surface area contributed by atoms with Crippen LogP contribution in [0.15, 0.2) is 42.5 Å². The second-order valence-electron chi connectivity index (χ2n) is 6.83. The zero-order chi connectivity index (χ0) is 22.1. The number of benzene rings is 2. The predicted molar refractivity (Wildman–Crippen MR) is 102 cm³/mol. The molecule has 0 spiro atoms. The van der Waals surface area contributed by atoms with Crippen molar-refractivity contribution in [3.05, 3.63) is 64.7 Å². The summed E-state index contributed by atoms with van der Waals surface area (Å²) in [5, 5.41) is 0.281. The maximum Gasteiger partial charge on any atom is 0.416 e. The number of unbranched alkanes of at least 4 members (excludes halogenated alkanes) is 1. The fourth-order valence-electron chi connectivity index (χ4n) is 3.11. The molecule has 0 radical (unpaired) electrons. The van der Waals surface area contributed by atoms with E-state index in [1.807, 2.05) is 6.92 Å². The van der Waals surface area contributed by atoms with Gasteiger partial charge in [-0.05, 0) is 36.8 Å². The van der Waals surface area contributed by atoms with Gasteiger partial charge in [-0.1, -0.05) is 30.5 Å². The number of alkyl halides is 3. The van der Waals surface area contributed by atoms with Gasteiger partial charge in [-0.15, -0.1) is 0 Å². The van der Waals surface area contributed by atoms with Gasteiger partial charge in [-0.3, -0.25) is 9.59 Å². The molecule has 1 heterocycles. The van der Waals surface area contributed by atoms with Crippen LogP contribution < -0.4 is 4.90 Å². The van der Waals surface area contributed by atoms with E-state index in [1.54, 1.807) is 24.1 Å². The number of imide groups is 1. The van der Waals surface area contributed by atoms with Crippen LogP contribution in [0.4, 0.5) is 18.9 Å². The molecule has 1 aliphatic heterocycles. The summed E-state index contributed by atoms with van der Waals surface area (Å²) in [6.45, 7) is 2.45. The van der Waals surface area contributed by atoms with Crippen LogP contribution in [0.2, 0.25) is 0 Å². The van der Waals surface area contributed by atoms with E-state index < -0.39 is 29.5 Å². The van der Waals surface area contributed by atoms with E-state index in [0.717, 1.165) is 18.9 Å². The Hall–Kier alpha value is -3.36. The van der Waals surface area contributed by atoms with Crippen molar-refractivity contribution >= 4 is 23.5 Å². The number of hydrogen-bond donors (Lipinski definition) is 0. The van der Waals surface area contributed by atoms with E-state index in [1.165, 1.54) is 18.2 Å². The zero-order valence-electron chi connectivity index (χ0n) is 16.3. The molecular formula is C21H19F3N2O4. The number of halogens is 3. The van der Waals surface area contributed by atoms with E-state index in [2.05, 4.69) is 0 Å². The van der Waals surface area contributed by atoms with E-state index in [0.29, 0.717) is 12.6 Å². The minimum Gasteiger partial charge on any atom is -0.374 e. The number of amides is 2. The monoisotopic (exact) mass is 420 g/mol. The molecule has 0 saturated carbocycles. The highest BCUT2D eigenvalue weighted by molar-refractivity contribution is 6.21. The average Bonchev–Trinajstić information content (AvgIpc) is 2.96. The van der Waals surface area contributed by atoms with Crippen molar-refractivity contribution in [3.8, 4) is 0 Å². The van der Waals surface area contributed by atoms with Gasteiger partial charge >= 0.3 is 12.1 Å². The Bertz CT molecular complexity index is 969. The largest absolute Gasteiger partial charge is 0.416 e. The Balaban J connectivity index is 1.94. The van der Waals surface area contributed by atoms with Gasteiger partial charge in [0, 0.05) is 13.6 Å². The Labute approximate surface area is 170 Å². The second kappa shape index (κ2) is 8.17.